The normalized spacial score (nSPS) is 19.8. The number of aromatic nitrogens is 4. The molecular formula is C18H27ClFN5O9P2. The predicted octanol–water partition coefficient (Wildman–Crippen LogP) is 1.18. The van der Waals surface area contributed by atoms with Crippen molar-refractivity contribution in [3.05, 3.63) is 23.3 Å². The molecule has 1 unspecified atom stereocenters. The highest BCUT2D eigenvalue weighted by Crippen LogP contribution is 2.55. The van der Waals surface area contributed by atoms with Crippen LogP contribution in [0.2, 0.25) is 5.28 Å². The van der Waals surface area contributed by atoms with Gasteiger partial charge in [-0.25, -0.2) is 9.37 Å². The Balaban J connectivity index is 1.82. The molecule has 36 heavy (non-hydrogen) atoms. The van der Waals surface area contributed by atoms with Crippen LogP contribution in [0, 0.1) is 0 Å². The van der Waals surface area contributed by atoms with E-state index in [1.807, 2.05) is 4.90 Å². The lowest BCUT2D eigenvalue weighted by Crippen LogP contribution is -2.37. The van der Waals surface area contributed by atoms with Crippen molar-refractivity contribution in [3.63, 3.8) is 0 Å². The molecule has 18 heteroatoms. The maximum Gasteiger partial charge on any atom is 0.340 e. The van der Waals surface area contributed by atoms with Crippen LogP contribution in [0.25, 0.3) is 11.2 Å². The number of rotatable bonds is 11. The Bertz CT molecular complexity index is 1190. The van der Waals surface area contributed by atoms with Gasteiger partial charge in [-0.1, -0.05) is 13.0 Å². The third kappa shape index (κ3) is 7.29. The molecule has 0 amide bonds. The van der Waals surface area contributed by atoms with E-state index in [0.717, 1.165) is 10.9 Å². The third-order valence-corrected chi connectivity index (χ3v) is 8.81. The monoisotopic (exact) mass is 573 g/mol. The first-order valence-electron chi connectivity index (χ1n) is 10.8. The summed E-state index contributed by atoms with van der Waals surface area (Å²) in [6.07, 6.45) is -3.72. The van der Waals surface area contributed by atoms with Gasteiger partial charge in [-0.2, -0.15) is 9.97 Å². The van der Waals surface area contributed by atoms with Crippen LogP contribution in [0.4, 0.5) is 10.2 Å². The highest BCUT2D eigenvalue weighted by Gasteiger charge is 2.35. The van der Waals surface area contributed by atoms with Gasteiger partial charge in [-0.15, -0.1) is 0 Å². The summed E-state index contributed by atoms with van der Waals surface area (Å²) in [6, 6.07) is 0. The van der Waals surface area contributed by atoms with Gasteiger partial charge in [0.25, 0.3) is 0 Å². The van der Waals surface area contributed by atoms with Crippen LogP contribution < -0.4 is 4.90 Å². The molecule has 0 spiro atoms. The highest BCUT2D eigenvalue weighted by molar-refractivity contribution is 7.70. The molecule has 14 nitrogen and oxygen atoms in total. The summed E-state index contributed by atoms with van der Waals surface area (Å²) in [5.74, 6) is -1.07. The molecule has 0 saturated carbocycles. The fraction of sp³-hybridized carbons (Fsp3) is 0.611. The summed E-state index contributed by atoms with van der Waals surface area (Å²) in [7, 11) is -9.63. The second-order valence-electron chi connectivity index (χ2n) is 7.95. The summed E-state index contributed by atoms with van der Waals surface area (Å²) < 4.78 is 49.2. The molecule has 2 aromatic heterocycles. The molecule has 1 saturated heterocycles. The van der Waals surface area contributed by atoms with Gasteiger partial charge in [0.2, 0.25) is 5.28 Å². The molecule has 3 heterocycles. The Hall–Kier alpha value is -1.51. The van der Waals surface area contributed by atoms with Gasteiger partial charge in [-0.05, 0) is 23.6 Å². The average Bonchev–Trinajstić information content (AvgIpc) is 3.22. The minimum absolute atomic E-state index is 0.0117. The summed E-state index contributed by atoms with van der Waals surface area (Å²) >= 11 is 6.06. The molecule has 0 bridgehead atoms. The summed E-state index contributed by atoms with van der Waals surface area (Å²) in [5.41, 5.74) is 0.0427. The summed E-state index contributed by atoms with van der Waals surface area (Å²) in [6.45, 7) is 2.74. The van der Waals surface area contributed by atoms with E-state index in [2.05, 4.69) is 15.0 Å². The van der Waals surface area contributed by atoms with Gasteiger partial charge in [0.15, 0.2) is 35.3 Å². The smallest absolute Gasteiger partial charge is 0.340 e. The van der Waals surface area contributed by atoms with Gasteiger partial charge in [0.05, 0.1) is 26.1 Å². The largest absolute Gasteiger partial charge is 0.385 e. The molecule has 0 radical (unpaired) electrons. The van der Waals surface area contributed by atoms with E-state index >= 15 is 4.39 Å². The Morgan fingerprint density at radius 1 is 1.28 bits per heavy atom. The molecule has 1 fully saturated rings. The SMILES string of the molecule is CC/C=C(/COP(=O)(O)CP(=O)(O)O)[C@@H](O)[C@H](F)[C@@H](O)n1cnc2c(N3CCOCC3)nc(Cl)nc21. The van der Waals surface area contributed by atoms with Crippen molar-refractivity contribution in [1.82, 2.24) is 19.5 Å². The number of fused-ring (bicyclic) bond motifs is 1. The van der Waals surface area contributed by atoms with Crippen molar-refractivity contribution in [3.8, 4) is 0 Å². The van der Waals surface area contributed by atoms with Crippen LogP contribution in [0.1, 0.15) is 19.6 Å². The van der Waals surface area contributed by atoms with Crippen LogP contribution in [0.5, 0.6) is 0 Å². The molecule has 202 valence electrons. The topological polar surface area (TPSA) is 201 Å². The zero-order valence-electron chi connectivity index (χ0n) is 19.1. The van der Waals surface area contributed by atoms with E-state index in [1.165, 1.54) is 6.08 Å². The van der Waals surface area contributed by atoms with Gasteiger partial charge >= 0.3 is 15.2 Å². The number of alkyl halides is 1. The lowest BCUT2D eigenvalue weighted by atomic mass is 10.0. The quantitative estimate of drug-likeness (QED) is 0.146. The molecule has 1 aliphatic heterocycles. The number of aliphatic hydroxyl groups excluding tert-OH is 2. The van der Waals surface area contributed by atoms with Gasteiger partial charge in [-0.3, -0.25) is 13.7 Å². The van der Waals surface area contributed by atoms with Crippen molar-refractivity contribution in [2.75, 3.05) is 43.7 Å². The van der Waals surface area contributed by atoms with E-state index in [0.29, 0.717) is 32.1 Å². The van der Waals surface area contributed by atoms with Gasteiger partial charge in [0, 0.05) is 13.1 Å². The highest BCUT2D eigenvalue weighted by atomic mass is 35.5. The van der Waals surface area contributed by atoms with Crippen LogP contribution in [0.3, 0.4) is 0 Å². The van der Waals surface area contributed by atoms with Crippen LogP contribution in [0.15, 0.2) is 18.0 Å². The second-order valence-corrected chi connectivity index (χ2v) is 12.3. The number of imidazole rings is 1. The van der Waals surface area contributed by atoms with Crippen molar-refractivity contribution in [1.29, 1.82) is 0 Å². The summed E-state index contributed by atoms with van der Waals surface area (Å²) in [4.78, 5) is 41.8. The molecule has 1 aliphatic rings. The number of nitrogens with zero attached hydrogens (tertiary/aromatic N) is 5. The van der Waals surface area contributed by atoms with Crippen molar-refractivity contribution in [2.45, 2.75) is 31.8 Å². The van der Waals surface area contributed by atoms with Crippen molar-refractivity contribution < 1.29 is 47.7 Å². The Kier molecular flexibility index (Phi) is 9.61. The number of anilines is 1. The van der Waals surface area contributed by atoms with Crippen LogP contribution in [-0.4, -0.2) is 95.5 Å². The van der Waals surface area contributed by atoms with Crippen LogP contribution >= 0.6 is 26.8 Å². The molecule has 2 aromatic rings. The van der Waals surface area contributed by atoms with Gasteiger partial charge < -0.3 is 39.1 Å². The Labute approximate surface area is 210 Å². The number of ether oxygens (including phenoxy) is 1. The lowest BCUT2D eigenvalue weighted by Gasteiger charge is -2.28. The molecule has 5 N–H and O–H groups in total. The van der Waals surface area contributed by atoms with Crippen molar-refractivity contribution >= 4 is 43.8 Å². The first-order chi connectivity index (χ1) is 16.8. The van der Waals surface area contributed by atoms with E-state index < -0.39 is 46.2 Å². The van der Waals surface area contributed by atoms with Gasteiger partial charge in [0.1, 0.15) is 6.10 Å². The second kappa shape index (κ2) is 11.9. The maximum atomic E-state index is 15.3. The minimum Gasteiger partial charge on any atom is -0.385 e. The first-order valence-corrected chi connectivity index (χ1v) is 14.7. The predicted molar refractivity (Wildman–Crippen MR) is 127 cm³/mol. The Morgan fingerprint density at radius 3 is 2.56 bits per heavy atom. The number of aliphatic hydroxyl groups is 2. The standard InChI is InChI=1S/C18H27ClFN5O9P2/c1-2-3-11(8-34-36(31,32)10-35(28,29)30)14(26)12(20)17(27)25-9-21-13-15(22-18(19)23-16(13)25)24-4-6-33-7-5-24/h3,9,12,14,17,26-27H,2,4-8,10H2,1H3,(H,31,32)(H2,28,29,30)/b11-3-/t12-,14+,17+/m0/s1. The fourth-order valence-corrected chi connectivity index (χ4v) is 6.26. The van der Waals surface area contributed by atoms with E-state index in [9.17, 15) is 24.2 Å². The van der Waals surface area contributed by atoms with Crippen LogP contribution in [-0.2, 0) is 18.4 Å². The Morgan fingerprint density at radius 2 is 1.94 bits per heavy atom. The summed E-state index contributed by atoms with van der Waals surface area (Å²) in [5, 5.41) is 21.1. The third-order valence-electron chi connectivity index (χ3n) is 5.20. The van der Waals surface area contributed by atoms with Crippen molar-refractivity contribution in [2.24, 2.45) is 0 Å². The van der Waals surface area contributed by atoms with E-state index in [1.54, 1.807) is 6.92 Å². The maximum absolute atomic E-state index is 15.3. The number of halogens is 2. The number of hydrogen-bond donors (Lipinski definition) is 5. The number of morpholine rings is 1. The fourth-order valence-electron chi connectivity index (χ4n) is 3.56. The molecule has 0 aliphatic carbocycles. The van der Waals surface area contributed by atoms with E-state index in [4.69, 9.17) is 30.6 Å². The zero-order chi connectivity index (χ0) is 26.7. The molecular weight excluding hydrogens is 547 g/mol. The lowest BCUT2D eigenvalue weighted by molar-refractivity contribution is -0.0352. The average molecular weight is 574 g/mol. The number of hydrogen-bond acceptors (Lipinski definition) is 10. The van der Waals surface area contributed by atoms with E-state index in [-0.39, 0.29) is 28.4 Å². The number of allylic oxidation sites excluding steroid dienone is 1. The first kappa shape index (κ1) is 29.1. The zero-order valence-corrected chi connectivity index (χ0v) is 21.6. The molecule has 3 rings (SSSR count). The molecule has 0 aromatic carbocycles. The molecule has 4 atom stereocenters. The minimum atomic E-state index is -4.87.